The molecule has 0 amide bonds. The summed E-state index contributed by atoms with van der Waals surface area (Å²) in [7, 11) is 0. The second-order valence-electron chi connectivity index (χ2n) is 8.03. The van der Waals surface area contributed by atoms with Crippen LogP contribution in [-0.2, 0) is 17.7 Å². The normalized spacial score (nSPS) is 12.3. The molecule has 8 nitrogen and oxygen atoms in total. The van der Waals surface area contributed by atoms with Crippen molar-refractivity contribution in [1.29, 1.82) is 0 Å². The minimum atomic E-state index is -1.05. The van der Waals surface area contributed by atoms with Crippen molar-refractivity contribution in [2.24, 2.45) is 0 Å². The van der Waals surface area contributed by atoms with Gasteiger partial charge in [0, 0.05) is 30.3 Å². The van der Waals surface area contributed by atoms with Crippen molar-refractivity contribution in [1.82, 2.24) is 20.4 Å². The van der Waals surface area contributed by atoms with E-state index in [-0.39, 0.29) is 17.7 Å². The Hall–Kier alpha value is -3.24. The number of aromatic nitrogens is 3. The van der Waals surface area contributed by atoms with Crippen molar-refractivity contribution in [3.63, 3.8) is 0 Å². The molecule has 0 saturated heterocycles. The fourth-order valence-corrected chi connectivity index (χ4v) is 4.33. The van der Waals surface area contributed by atoms with Gasteiger partial charge in [0.2, 0.25) is 0 Å². The molecule has 0 spiro atoms. The highest BCUT2D eigenvalue weighted by molar-refractivity contribution is 7.92. The number of nitrogens with two attached hydrogens (primary N) is 1. The number of aliphatic hydroxyl groups excluding tert-OH is 1. The van der Waals surface area contributed by atoms with Gasteiger partial charge in [-0.3, -0.25) is 0 Å². The number of nitrogens with zero attached hydrogens (tertiary/aromatic N) is 3. The molecule has 2 aromatic heterocycles. The van der Waals surface area contributed by atoms with Gasteiger partial charge >= 0.3 is 0 Å². The third-order valence-corrected chi connectivity index (χ3v) is 6.82. The first-order valence-corrected chi connectivity index (χ1v) is 12.2. The molecule has 0 aliphatic carbocycles. The lowest BCUT2D eigenvalue weighted by atomic mass is 10.1. The van der Waals surface area contributed by atoms with Gasteiger partial charge in [0.15, 0.2) is 22.2 Å². The first-order chi connectivity index (χ1) is 16.5. The van der Waals surface area contributed by atoms with Gasteiger partial charge in [0.25, 0.3) is 0 Å². The monoisotopic (exact) mass is 477 g/mol. The van der Waals surface area contributed by atoms with E-state index in [4.69, 9.17) is 15.4 Å². The van der Waals surface area contributed by atoms with Gasteiger partial charge in [0.05, 0.1) is 18.5 Å². The van der Waals surface area contributed by atoms with Crippen LogP contribution in [0.1, 0.15) is 19.4 Å². The number of aliphatic hydroxyl groups is 1. The fraction of sp³-hybridized carbons (Fsp3) is 0.240. The van der Waals surface area contributed by atoms with E-state index in [1.165, 1.54) is 0 Å². The van der Waals surface area contributed by atoms with Crippen LogP contribution in [0.2, 0.25) is 0 Å². The van der Waals surface area contributed by atoms with Crippen LogP contribution in [0.15, 0.2) is 70.2 Å². The Labute approximate surface area is 201 Å². The van der Waals surface area contributed by atoms with Crippen LogP contribution < -0.4 is 11.1 Å². The number of anilines is 1. The summed E-state index contributed by atoms with van der Waals surface area (Å²) in [6.45, 7) is 5.20. The summed E-state index contributed by atoms with van der Waals surface area (Å²) in [5, 5.41) is 16.2. The number of benzene rings is 2. The molecule has 0 aliphatic rings. The molecule has 0 radical (unpaired) electrons. The molecule has 4 N–H and O–H groups in total. The van der Waals surface area contributed by atoms with Gasteiger partial charge in [-0.1, -0.05) is 29.4 Å². The Morgan fingerprint density at radius 3 is 2.41 bits per heavy atom. The maximum Gasteiger partial charge on any atom is 0.189 e. The van der Waals surface area contributed by atoms with Crippen molar-refractivity contribution in [3.05, 3.63) is 66.4 Å². The molecule has 9 heteroatoms. The summed E-state index contributed by atoms with van der Waals surface area (Å²) >= 11 is -1.05. The average molecular weight is 478 g/mol. The topological polar surface area (TPSA) is 133 Å². The molecule has 2 aromatic carbocycles. The number of hydrogen-bond donors (Lipinski definition) is 3. The number of hydrogen-bond acceptors (Lipinski definition) is 8. The van der Waals surface area contributed by atoms with Crippen molar-refractivity contribution >= 4 is 17.0 Å². The molecule has 1 atom stereocenters. The second-order valence-corrected chi connectivity index (χ2v) is 10.0. The maximum atomic E-state index is 12.3. The summed E-state index contributed by atoms with van der Waals surface area (Å²) in [5.41, 5.74) is 10.6. The molecule has 4 rings (SSSR count). The zero-order valence-electron chi connectivity index (χ0n) is 19.1. The SMILES string of the molecule is CC(C)[S+]([O-])c1ccc(-c2cnc(N)c(-c3cc(-c4ccc(CNCCO)cc4)no3)n2)cc1. The summed E-state index contributed by atoms with van der Waals surface area (Å²) in [6, 6.07) is 17.2. The largest absolute Gasteiger partial charge is 0.611 e. The predicted molar refractivity (Wildman–Crippen MR) is 133 cm³/mol. The minimum absolute atomic E-state index is 0.0496. The molecule has 0 saturated carbocycles. The van der Waals surface area contributed by atoms with Crippen molar-refractivity contribution in [2.45, 2.75) is 30.5 Å². The molecule has 2 heterocycles. The molecule has 0 bridgehead atoms. The summed E-state index contributed by atoms with van der Waals surface area (Å²) in [4.78, 5) is 9.72. The number of rotatable bonds is 9. The Kier molecular flexibility index (Phi) is 7.59. The molecule has 34 heavy (non-hydrogen) atoms. The van der Waals surface area contributed by atoms with Crippen LogP contribution in [0.25, 0.3) is 34.0 Å². The second kappa shape index (κ2) is 10.8. The van der Waals surface area contributed by atoms with Crippen LogP contribution >= 0.6 is 0 Å². The average Bonchev–Trinajstić information content (AvgIpc) is 3.34. The minimum Gasteiger partial charge on any atom is -0.611 e. The smallest absolute Gasteiger partial charge is 0.189 e. The van der Waals surface area contributed by atoms with E-state index in [1.807, 2.05) is 62.4 Å². The summed E-state index contributed by atoms with van der Waals surface area (Å²) in [5.74, 6) is 0.669. The molecule has 0 aliphatic heterocycles. The Bertz CT molecular complexity index is 1230. The fourth-order valence-electron chi connectivity index (χ4n) is 3.38. The molecule has 4 aromatic rings. The van der Waals surface area contributed by atoms with E-state index < -0.39 is 11.2 Å². The van der Waals surface area contributed by atoms with E-state index >= 15 is 0 Å². The lowest BCUT2D eigenvalue weighted by Crippen LogP contribution is -2.17. The van der Waals surface area contributed by atoms with Crippen LogP contribution in [0, 0.1) is 0 Å². The maximum absolute atomic E-state index is 12.3. The van der Waals surface area contributed by atoms with E-state index in [9.17, 15) is 4.55 Å². The third kappa shape index (κ3) is 5.45. The van der Waals surface area contributed by atoms with Crippen molar-refractivity contribution in [3.8, 4) is 34.0 Å². The van der Waals surface area contributed by atoms with E-state index in [1.54, 1.807) is 12.3 Å². The van der Waals surface area contributed by atoms with Crippen LogP contribution in [0.3, 0.4) is 0 Å². The predicted octanol–water partition coefficient (Wildman–Crippen LogP) is 3.65. The lowest BCUT2D eigenvalue weighted by molar-refractivity contribution is 0.292. The van der Waals surface area contributed by atoms with Gasteiger partial charge in [-0.05, 0) is 54.9 Å². The standard InChI is InChI=1S/C25H27N5O3S/c1-16(2)34(32)20-9-7-19(8-10-20)22-15-28-25(26)24(29-22)23-13-21(30-33-23)18-5-3-17(4-6-18)14-27-11-12-31/h3-10,13,15-16,27,31H,11-12,14H2,1-2H3,(H2,26,28). The summed E-state index contributed by atoms with van der Waals surface area (Å²) in [6.07, 6.45) is 1.61. The quantitative estimate of drug-likeness (QED) is 0.246. The molecule has 1 unspecified atom stereocenters. The van der Waals surface area contributed by atoms with Gasteiger partial charge in [-0.2, -0.15) is 0 Å². The Morgan fingerprint density at radius 2 is 1.74 bits per heavy atom. The van der Waals surface area contributed by atoms with Gasteiger partial charge in [-0.15, -0.1) is 0 Å². The number of nitrogen functional groups attached to an aromatic ring is 1. The molecule has 176 valence electrons. The Balaban J connectivity index is 1.55. The zero-order valence-corrected chi connectivity index (χ0v) is 19.9. The van der Waals surface area contributed by atoms with Gasteiger partial charge in [0.1, 0.15) is 10.9 Å². The zero-order chi connectivity index (χ0) is 24.1. The van der Waals surface area contributed by atoms with Crippen LogP contribution in [0.4, 0.5) is 5.82 Å². The highest BCUT2D eigenvalue weighted by atomic mass is 32.2. The first-order valence-electron chi connectivity index (χ1n) is 11.0. The van der Waals surface area contributed by atoms with E-state index in [2.05, 4.69) is 20.4 Å². The van der Waals surface area contributed by atoms with Crippen LogP contribution in [-0.4, -0.2) is 43.2 Å². The van der Waals surface area contributed by atoms with E-state index in [0.29, 0.717) is 35.9 Å². The number of nitrogens with one attached hydrogen (secondary N) is 1. The third-order valence-electron chi connectivity index (χ3n) is 5.22. The van der Waals surface area contributed by atoms with Crippen molar-refractivity contribution < 1.29 is 14.2 Å². The highest BCUT2D eigenvalue weighted by Gasteiger charge is 2.17. The van der Waals surface area contributed by atoms with Crippen molar-refractivity contribution in [2.75, 3.05) is 18.9 Å². The first kappa shape index (κ1) is 23.9. The van der Waals surface area contributed by atoms with E-state index in [0.717, 1.165) is 21.6 Å². The highest BCUT2D eigenvalue weighted by Crippen LogP contribution is 2.30. The van der Waals surface area contributed by atoms with Crippen LogP contribution in [0.5, 0.6) is 0 Å². The molecular formula is C25H27N5O3S. The van der Waals surface area contributed by atoms with Gasteiger partial charge < -0.3 is 25.2 Å². The lowest BCUT2D eigenvalue weighted by Gasteiger charge is -2.14. The Morgan fingerprint density at radius 1 is 1.06 bits per heavy atom. The molecule has 0 fully saturated rings. The summed E-state index contributed by atoms with van der Waals surface area (Å²) < 4.78 is 17.9. The molecular weight excluding hydrogens is 450 g/mol. The van der Waals surface area contributed by atoms with Gasteiger partial charge in [-0.25, -0.2) is 9.97 Å².